The lowest BCUT2D eigenvalue weighted by Gasteiger charge is -2.05. The van der Waals surface area contributed by atoms with Gasteiger partial charge in [-0.3, -0.25) is 0 Å². The fraction of sp³-hybridized carbons (Fsp3) is 1.00. The van der Waals surface area contributed by atoms with Crippen molar-refractivity contribution in [1.29, 1.82) is 0 Å². The summed E-state index contributed by atoms with van der Waals surface area (Å²) in [6, 6.07) is 0. The van der Waals surface area contributed by atoms with Gasteiger partial charge in [0, 0.05) is 6.54 Å². The monoisotopic (exact) mass is 201 g/mol. The minimum Gasteiger partial charge on any atom is -0.392 e. The van der Waals surface area contributed by atoms with Gasteiger partial charge in [-0.05, 0) is 19.9 Å². The molecule has 14 heavy (non-hydrogen) atoms. The van der Waals surface area contributed by atoms with Crippen molar-refractivity contribution in [2.24, 2.45) is 0 Å². The quantitative estimate of drug-likeness (QED) is 0.685. The maximum absolute atomic E-state index is 8.72. The summed E-state index contributed by atoms with van der Waals surface area (Å²) in [7, 11) is 0. The van der Waals surface area contributed by atoms with E-state index in [0.29, 0.717) is 6.54 Å². The van der Waals surface area contributed by atoms with E-state index in [1.165, 1.54) is 38.5 Å². The van der Waals surface area contributed by atoms with Gasteiger partial charge in [-0.1, -0.05) is 45.4 Å². The molecule has 1 aliphatic carbocycles. The fourth-order valence-corrected chi connectivity index (χ4v) is 1.55. The van der Waals surface area contributed by atoms with Crippen LogP contribution in [0, 0.1) is 0 Å². The van der Waals surface area contributed by atoms with Crippen molar-refractivity contribution < 1.29 is 5.11 Å². The van der Waals surface area contributed by atoms with E-state index in [1.54, 1.807) is 6.92 Å². The van der Waals surface area contributed by atoms with Gasteiger partial charge in [0.1, 0.15) is 0 Å². The SMILES string of the molecule is C1CCCCC1.CCCNCC(C)O. The Kier molecular flexibility index (Phi) is 10.9. The average molecular weight is 201 g/mol. The molecule has 0 bridgehead atoms. The number of rotatable bonds is 4. The molecule has 2 N–H and O–H groups in total. The third-order valence-electron chi connectivity index (χ3n) is 2.37. The van der Waals surface area contributed by atoms with Gasteiger partial charge in [-0.25, -0.2) is 0 Å². The van der Waals surface area contributed by atoms with Gasteiger partial charge in [-0.15, -0.1) is 0 Å². The molecule has 0 aromatic rings. The van der Waals surface area contributed by atoms with Gasteiger partial charge in [0.2, 0.25) is 0 Å². The fourth-order valence-electron chi connectivity index (χ4n) is 1.55. The van der Waals surface area contributed by atoms with Gasteiger partial charge in [0.15, 0.2) is 0 Å². The Bertz CT molecular complexity index is 89.0. The predicted octanol–water partition coefficient (Wildman–Crippen LogP) is 2.71. The minimum absolute atomic E-state index is 0.207. The normalized spacial score (nSPS) is 18.2. The Morgan fingerprint density at radius 1 is 1.07 bits per heavy atom. The van der Waals surface area contributed by atoms with E-state index in [2.05, 4.69) is 12.2 Å². The molecule has 0 radical (unpaired) electrons. The van der Waals surface area contributed by atoms with Crippen molar-refractivity contribution in [2.45, 2.75) is 64.9 Å². The molecule has 1 rings (SSSR count). The van der Waals surface area contributed by atoms with E-state index < -0.39 is 0 Å². The first-order chi connectivity index (χ1) is 6.77. The second kappa shape index (κ2) is 11.0. The number of aliphatic hydroxyl groups excluding tert-OH is 1. The number of hydrogen-bond donors (Lipinski definition) is 2. The molecule has 2 heteroatoms. The topological polar surface area (TPSA) is 32.3 Å². The molecular weight excluding hydrogens is 174 g/mol. The van der Waals surface area contributed by atoms with Crippen molar-refractivity contribution >= 4 is 0 Å². The van der Waals surface area contributed by atoms with E-state index in [0.717, 1.165) is 13.0 Å². The van der Waals surface area contributed by atoms with Crippen molar-refractivity contribution in [3.05, 3.63) is 0 Å². The predicted molar refractivity (Wildman–Crippen MR) is 62.5 cm³/mol. The maximum atomic E-state index is 8.72. The molecule has 1 fully saturated rings. The van der Waals surface area contributed by atoms with Crippen LogP contribution >= 0.6 is 0 Å². The highest BCUT2D eigenvalue weighted by Crippen LogP contribution is 2.15. The van der Waals surface area contributed by atoms with Crippen molar-refractivity contribution in [2.75, 3.05) is 13.1 Å². The van der Waals surface area contributed by atoms with Crippen LogP contribution in [0.15, 0.2) is 0 Å². The lowest BCUT2D eigenvalue weighted by Crippen LogP contribution is -2.24. The van der Waals surface area contributed by atoms with Crippen LogP contribution in [0.3, 0.4) is 0 Å². The van der Waals surface area contributed by atoms with E-state index in [1.807, 2.05) is 0 Å². The van der Waals surface area contributed by atoms with Crippen molar-refractivity contribution in [3.8, 4) is 0 Å². The largest absolute Gasteiger partial charge is 0.392 e. The highest BCUT2D eigenvalue weighted by atomic mass is 16.3. The lowest BCUT2D eigenvalue weighted by atomic mass is 10.0. The summed E-state index contributed by atoms with van der Waals surface area (Å²) in [6.07, 6.45) is 9.92. The van der Waals surface area contributed by atoms with Gasteiger partial charge in [-0.2, -0.15) is 0 Å². The highest BCUT2D eigenvalue weighted by molar-refractivity contribution is 4.51. The zero-order valence-corrected chi connectivity index (χ0v) is 9.89. The maximum Gasteiger partial charge on any atom is 0.0636 e. The first kappa shape index (κ1) is 13.9. The van der Waals surface area contributed by atoms with Gasteiger partial charge < -0.3 is 10.4 Å². The van der Waals surface area contributed by atoms with Crippen molar-refractivity contribution in [3.63, 3.8) is 0 Å². The summed E-state index contributed by atoms with van der Waals surface area (Å²) in [5.74, 6) is 0. The summed E-state index contributed by atoms with van der Waals surface area (Å²) in [5.41, 5.74) is 0. The molecule has 1 saturated carbocycles. The zero-order valence-electron chi connectivity index (χ0n) is 9.89. The van der Waals surface area contributed by atoms with Crippen LogP contribution in [0.4, 0.5) is 0 Å². The van der Waals surface area contributed by atoms with Gasteiger partial charge >= 0.3 is 0 Å². The van der Waals surface area contributed by atoms with E-state index in [-0.39, 0.29) is 6.10 Å². The molecule has 2 nitrogen and oxygen atoms in total. The van der Waals surface area contributed by atoms with E-state index in [9.17, 15) is 0 Å². The van der Waals surface area contributed by atoms with Crippen LogP contribution in [0.25, 0.3) is 0 Å². The second-order valence-electron chi connectivity index (χ2n) is 4.17. The standard InChI is InChI=1S/C6H15NO.C6H12/c1-3-4-7-5-6(2)8;1-2-4-6-5-3-1/h6-8H,3-5H2,1-2H3;1-6H2. The van der Waals surface area contributed by atoms with Gasteiger partial charge in [0.05, 0.1) is 6.10 Å². The summed E-state index contributed by atoms with van der Waals surface area (Å²) in [6.45, 7) is 5.61. The first-order valence-electron chi connectivity index (χ1n) is 6.16. The van der Waals surface area contributed by atoms with Crippen molar-refractivity contribution in [1.82, 2.24) is 5.32 Å². The van der Waals surface area contributed by atoms with E-state index >= 15 is 0 Å². The highest BCUT2D eigenvalue weighted by Gasteiger charge is 1.95. The molecule has 0 amide bonds. The summed E-state index contributed by atoms with van der Waals surface area (Å²) < 4.78 is 0. The number of nitrogens with one attached hydrogen (secondary N) is 1. The molecular formula is C12H27NO. The third kappa shape index (κ3) is 11.9. The Morgan fingerprint density at radius 3 is 1.79 bits per heavy atom. The Balaban J connectivity index is 0.000000249. The Morgan fingerprint density at radius 2 is 1.50 bits per heavy atom. The molecule has 0 aliphatic heterocycles. The molecule has 0 aromatic carbocycles. The van der Waals surface area contributed by atoms with Crippen LogP contribution in [0.1, 0.15) is 58.8 Å². The molecule has 0 aromatic heterocycles. The average Bonchev–Trinajstić information content (AvgIpc) is 2.21. The molecule has 0 saturated heterocycles. The Labute approximate surface area is 89.1 Å². The molecule has 0 spiro atoms. The summed E-state index contributed by atoms with van der Waals surface area (Å²) in [4.78, 5) is 0. The molecule has 86 valence electrons. The van der Waals surface area contributed by atoms with Crippen LogP contribution in [0.2, 0.25) is 0 Å². The smallest absolute Gasteiger partial charge is 0.0636 e. The first-order valence-corrected chi connectivity index (χ1v) is 6.16. The molecule has 1 unspecified atom stereocenters. The third-order valence-corrected chi connectivity index (χ3v) is 2.37. The summed E-state index contributed by atoms with van der Waals surface area (Å²) >= 11 is 0. The van der Waals surface area contributed by atoms with Crippen LogP contribution in [0.5, 0.6) is 0 Å². The van der Waals surface area contributed by atoms with Gasteiger partial charge in [0.25, 0.3) is 0 Å². The van der Waals surface area contributed by atoms with E-state index in [4.69, 9.17) is 5.11 Å². The summed E-state index contributed by atoms with van der Waals surface area (Å²) in [5, 5.41) is 11.8. The lowest BCUT2D eigenvalue weighted by molar-refractivity contribution is 0.191. The zero-order chi connectivity index (χ0) is 10.6. The van der Waals surface area contributed by atoms with Crippen LogP contribution < -0.4 is 5.32 Å². The van der Waals surface area contributed by atoms with Crippen LogP contribution in [-0.2, 0) is 0 Å². The molecule has 0 heterocycles. The number of aliphatic hydroxyl groups is 1. The van der Waals surface area contributed by atoms with Crippen LogP contribution in [-0.4, -0.2) is 24.3 Å². The number of hydrogen-bond acceptors (Lipinski definition) is 2. The molecule has 1 aliphatic rings. The second-order valence-corrected chi connectivity index (χ2v) is 4.17. The molecule has 1 atom stereocenters. The minimum atomic E-state index is -0.207. The Hall–Kier alpha value is -0.0800.